The van der Waals surface area contributed by atoms with Crippen LogP contribution < -0.4 is 10.6 Å². The van der Waals surface area contributed by atoms with Gasteiger partial charge in [0.1, 0.15) is 17.3 Å². The average Bonchev–Trinajstić information content (AvgIpc) is 2.64. The summed E-state index contributed by atoms with van der Waals surface area (Å²) in [5.74, 6) is -0.0910. The Morgan fingerprint density at radius 2 is 1.92 bits per heavy atom. The number of rotatable bonds is 6. The summed E-state index contributed by atoms with van der Waals surface area (Å²) in [6, 6.07) is 13.5. The Hall–Kier alpha value is -2.99. The number of carbonyl (C=O) groups excluding carboxylic acids is 1. The third-order valence-electron chi connectivity index (χ3n) is 3.63. The van der Waals surface area contributed by atoms with Crippen LogP contribution in [0.4, 0.5) is 15.9 Å². The van der Waals surface area contributed by atoms with E-state index in [0.29, 0.717) is 35.1 Å². The molecule has 132 valence electrons. The zero-order chi connectivity index (χ0) is 18.4. The third kappa shape index (κ3) is 4.77. The molecule has 0 unspecified atom stereocenters. The Morgan fingerprint density at radius 1 is 1.08 bits per heavy atom. The highest BCUT2D eigenvalue weighted by Gasteiger charge is 2.09. The topological polar surface area (TPSA) is 66.9 Å². The van der Waals surface area contributed by atoms with Crippen LogP contribution in [-0.4, -0.2) is 22.4 Å². The van der Waals surface area contributed by atoms with Crippen molar-refractivity contribution >= 4 is 29.0 Å². The van der Waals surface area contributed by atoms with Crippen LogP contribution in [0, 0.1) is 5.82 Å². The smallest absolute Gasteiger partial charge is 0.275 e. The monoisotopic (exact) mass is 370 g/mol. The molecule has 3 aromatic rings. The van der Waals surface area contributed by atoms with Gasteiger partial charge in [0.05, 0.1) is 12.4 Å². The molecule has 0 radical (unpaired) electrons. The van der Waals surface area contributed by atoms with E-state index >= 15 is 0 Å². The van der Waals surface area contributed by atoms with Crippen LogP contribution in [-0.2, 0) is 6.42 Å². The van der Waals surface area contributed by atoms with Crippen molar-refractivity contribution in [2.45, 2.75) is 6.42 Å². The number of anilines is 2. The van der Waals surface area contributed by atoms with E-state index in [2.05, 4.69) is 20.6 Å². The van der Waals surface area contributed by atoms with Gasteiger partial charge in [-0.05, 0) is 36.2 Å². The van der Waals surface area contributed by atoms with E-state index in [9.17, 15) is 9.18 Å². The molecule has 0 fully saturated rings. The fourth-order valence-corrected chi connectivity index (χ4v) is 2.51. The molecule has 0 aliphatic carbocycles. The van der Waals surface area contributed by atoms with Gasteiger partial charge >= 0.3 is 0 Å². The highest BCUT2D eigenvalue weighted by atomic mass is 35.5. The lowest BCUT2D eigenvalue weighted by molar-refractivity contribution is 0.102. The van der Waals surface area contributed by atoms with E-state index in [1.807, 2.05) is 0 Å². The van der Waals surface area contributed by atoms with E-state index < -0.39 is 0 Å². The second-order valence-corrected chi connectivity index (χ2v) is 5.96. The molecule has 1 amide bonds. The summed E-state index contributed by atoms with van der Waals surface area (Å²) in [6.07, 6.45) is 3.37. The summed E-state index contributed by atoms with van der Waals surface area (Å²) in [4.78, 5) is 20.4. The Kier molecular flexibility index (Phi) is 5.76. The fraction of sp³-hybridized carbons (Fsp3) is 0.105. The van der Waals surface area contributed by atoms with Crippen LogP contribution in [0.25, 0.3) is 0 Å². The van der Waals surface area contributed by atoms with Gasteiger partial charge in [-0.3, -0.25) is 4.79 Å². The van der Waals surface area contributed by atoms with Crippen LogP contribution in [0.2, 0.25) is 5.02 Å². The summed E-state index contributed by atoms with van der Waals surface area (Å²) in [5, 5.41) is 6.29. The van der Waals surface area contributed by atoms with Crippen molar-refractivity contribution in [3.05, 3.63) is 83.0 Å². The van der Waals surface area contributed by atoms with Gasteiger partial charge in [-0.25, -0.2) is 14.4 Å². The second kappa shape index (κ2) is 8.40. The van der Waals surface area contributed by atoms with E-state index in [4.69, 9.17) is 11.6 Å². The van der Waals surface area contributed by atoms with Crippen LogP contribution in [0.5, 0.6) is 0 Å². The van der Waals surface area contributed by atoms with E-state index in [0.717, 1.165) is 0 Å². The number of hydrogen-bond donors (Lipinski definition) is 2. The van der Waals surface area contributed by atoms with Gasteiger partial charge in [-0.15, -0.1) is 0 Å². The maximum atomic E-state index is 13.6. The van der Waals surface area contributed by atoms with Crippen molar-refractivity contribution < 1.29 is 9.18 Å². The second-order valence-electron chi connectivity index (χ2n) is 5.52. The van der Waals surface area contributed by atoms with Crippen LogP contribution in [0.3, 0.4) is 0 Å². The molecule has 1 aromatic heterocycles. The molecule has 0 atom stereocenters. The van der Waals surface area contributed by atoms with Crippen molar-refractivity contribution in [1.29, 1.82) is 0 Å². The predicted octanol–water partition coefficient (Wildman–Crippen LogP) is 4.18. The van der Waals surface area contributed by atoms with Crippen molar-refractivity contribution in [1.82, 2.24) is 9.97 Å². The number of halogens is 2. The zero-order valence-electron chi connectivity index (χ0n) is 13.7. The van der Waals surface area contributed by atoms with Gasteiger partial charge in [0, 0.05) is 17.3 Å². The first kappa shape index (κ1) is 17.8. The molecule has 0 aliphatic rings. The molecule has 7 heteroatoms. The zero-order valence-corrected chi connectivity index (χ0v) is 14.5. The van der Waals surface area contributed by atoms with Crippen LogP contribution in [0.1, 0.15) is 16.1 Å². The summed E-state index contributed by atoms with van der Waals surface area (Å²) in [5.41, 5.74) is 1.39. The quantitative estimate of drug-likeness (QED) is 0.683. The number of nitrogens with one attached hydrogen (secondary N) is 2. The molecule has 3 rings (SSSR count). The third-order valence-corrected chi connectivity index (χ3v) is 3.86. The SMILES string of the molecule is O=C(Nc1cccc(Cl)c1)c1cnc(NCCc2ccccc2F)cn1. The Morgan fingerprint density at radius 3 is 2.65 bits per heavy atom. The molecule has 0 bridgehead atoms. The van der Waals surface area contributed by atoms with Gasteiger partial charge in [0.2, 0.25) is 0 Å². The molecule has 2 N–H and O–H groups in total. The maximum Gasteiger partial charge on any atom is 0.275 e. The number of carbonyl (C=O) groups is 1. The number of amides is 1. The standard InChI is InChI=1S/C19H16ClFN4O/c20-14-5-3-6-15(10-14)25-19(26)17-11-24-18(12-23-17)22-9-8-13-4-1-2-7-16(13)21/h1-7,10-12H,8-9H2,(H,22,24)(H,25,26). The van der Waals surface area contributed by atoms with E-state index in [1.54, 1.807) is 42.5 Å². The molecular formula is C19H16ClFN4O. The van der Waals surface area contributed by atoms with Gasteiger partial charge in [-0.1, -0.05) is 35.9 Å². The molecule has 0 aliphatic heterocycles. The molecule has 2 aromatic carbocycles. The Bertz CT molecular complexity index is 902. The molecule has 0 saturated heterocycles. The predicted molar refractivity (Wildman–Crippen MR) is 100 cm³/mol. The normalized spacial score (nSPS) is 10.4. The lowest BCUT2D eigenvalue weighted by atomic mass is 10.1. The van der Waals surface area contributed by atoms with Gasteiger partial charge in [-0.2, -0.15) is 0 Å². The number of hydrogen-bond acceptors (Lipinski definition) is 4. The minimum Gasteiger partial charge on any atom is -0.368 e. The van der Waals surface area contributed by atoms with Gasteiger partial charge < -0.3 is 10.6 Å². The maximum absolute atomic E-state index is 13.6. The fourth-order valence-electron chi connectivity index (χ4n) is 2.32. The number of benzene rings is 2. The summed E-state index contributed by atoms with van der Waals surface area (Å²) in [7, 11) is 0. The largest absolute Gasteiger partial charge is 0.368 e. The van der Waals surface area contributed by atoms with E-state index in [1.165, 1.54) is 18.5 Å². The first-order chi connectivity index (χ1) is 12.6. The highest BCUT2D eigenvalue weighted by Crippen LogP contribution is 2.15. The minimum atomic E-state index is -0.377. The van der Waals surface area contributed by atoms with Crippen LogP contribution in [0.15, 0.2) is 60.9 Å². The van der Waals surface area contributed by atoms with Gasteiger partial charge in [0.15, 0.2) is 0 Å². The molecule has 0 spiro atoms. The molecule has 5 nitrogen and oxygen atoms in total. The lowest BCUT2D eigenvalue weighted by Crippen LogP contribution is -2.15. The van der Waals surface area contributed by atoms with Crippen molar-refractivity contribution in [2.75, 3.05) is 17.2 Å². The summed E-state index contributed by atoms with van der Waals surface area (Å²) in [6.45, 7) is 0.504. The lowest BCUT2D eigenvalue weighted by Gasteiger charge is -2.07. The number of nitrogens with zero attached hydrogens (tertiary/aromatic N) is 2. The molecule has 1 heterocycles. The average molecular weight is 371 g/mol. The van der Waals surface area contributed by atoms with Crippen molar-refractivity contribution in [2.24, 2.45) is 0 Å². The first-order valence-electron chi connectivity index (χ1n) is 7.98. The highest BCUT2D eigenvalue weighted by molar-refractivity contribution is 6.30. The van der Waals surface area contributed by atoms with Crippen LogP contribution >= 0.6 is 11.6 Å². The number of aromatic nitrogens is 2. The summed E-state index contributed by atoms with van der Waals surface area (Å²) < 4.78 is 13.6. The summed E-state index contributed by atoms with van der Waals surface area (Å²) >= 11 is 5.89. The van der Waals surface area contributed by atoms with Crippen molar-refractivity contribution in [3.63, 3.8) is 0 Å². The molecule has 26 heavy (non-hydrogen) atoms. The molecular weight excluding hydrogens is 355 g/mol. The van der Waals surface area contributed by atoms with Gasteiger partial charge in [0.25, 0.3) is 5.91 Å². The first-order valence-corrected chi connectivity index (χ1v) is 8.36. The minimum absolute atomic E-state index is 0.185. The van der Waals surface area contributed by atoms with E-state index in [-0.39, 0.29) is 17.4 Å². The Balaban J connectivity index is 1.54. The van der Waals surface area contributed by atoms with Crippen molar-refractivity contribution in [3.8, 4) is 0 Å². The molecule has 0 saturated carbocycles. The Labute approximate surface area is 155 Å².